The van der Waals surface area contributed by atoms with E-state index in [1.165, 1.54) is 0 Å². The first-order valence-corrected chi connectivity index (χ1v) is 9.92. The largest absolute Gasteiger partial charge is 0.384 e. The smallest absolute Gasteiger partial charge is 0.257 e. The molecule has 3 N–H and O–H groups in total. The number of halogens is 1. The molecule has 0 aliphatic carbocycles. The van der Waals surface area contributed by atoms with Crippen LogP contribution in [-0.4, -0.2) is 26.5 Å². The topological polar surface area (TPSA) is 85.8 Å². The first-order chi connectivity index (χ1) is 13.5. The first-order valence-electron chi connectivity index (χ1n) is 9.13. The molecule has 0 saturated carbocycles. The molecule has 4 aromatic rings. The number of nitrogens with one attached hydrogen (secondary N) is 1. The quantitative estimate of drug-likeness (QED) is 0.493. The van der Waals surface area contributed by atoms with E-state index in [4.69, 9.17) is 15.7 Å². The zero-order valence-electron chi connectivity index (χ0n) is 15.6. The lowest BCUT2D eigenvalue weighted by molar-refractivity contribution is 0.0941. The minimum absolute atomic E-state index is 0.0320. The number of hydrogen-bond donors (Lipinski definition) is 2. The average Bonchev–Trinajstić information content (AvgIpc) is 2.96. The van der Waals surface area contributed by atoms with Gasteiger partial charge >= 0.3 is 0 Å². The van der Waals surface area contributed by atoms with E-state index in [2.05, 4.69) is 21.2 Å². The van der Waals surface area contributed by atoms with Crippen LogP contribution in [0.3, 0.4) is 0 Å². The second kappa shape index (κ2) is 7.24. The van der Waals surface area contributed by atoms with Crippen molar-refractivity contribution in [2.45, 2.75) is 26.3 Å². The van der Waals surface area contributed by atoms with E-state index in [0.29, 0.717) is 22.5 Å². The zero-order valence-corrected chi connectivity index (χ0v) is 17.2. The van der Waals surface area contributed by atoms with Gasteiger partial charge < -0.3 is 11.1 Å². The SMILES string of the molecule is CC[C@H](C)NC(=O)c1c(N)n(-c2cccc(Br)c2)c2nc3ccccc3nc12. The number of anilines is 1. The predicted octanol–water partition coefficient (Wildman–Crippen LogP) is 4.45. The van der Waals surface area contributed by atoms with Crippen molar-refractivity contribution in [1.82, 2.24) is 19.9 Å². The number of amides is 1. The highest BCUT2D eigenvalue weighted by Gasteiger charge is 2.25. The van der Waals surface area contributed by atoms with Gasteiger partial charge in [-0.1, -0.05) is 41.1 Å². The summed E-state index contributed by atoms with van der Waals surface area (Å²) in [7, 11) is 0. The van der Waals surface area contributed by atoms with Crippen molar-refractivity contribution in [3.63, 3.8) is 0 Å². The van der Waals surface area contributed by atoms with Crippen LogP contribution in [0, 0.1) is 0 Å². The molecule has 4 rings (SSSR count). The molecule has 2 aromatic heterocycles. The molecule has 0 saturated heterocycles. The number of benzene rings is 2. The molecule has 0 unspecified atom stereocenters. The Hall–Kier alpha value is -2.93. The van der Waals surface area contributed by atoms with Gasteiger partial charge in [-0.3, -0.25) is 9.36 Å². The van der Waals surface area contributed by atoms with Crippen molar-refractivity contribution in [2.24, 2.45) is 0 Å². The number of rotatable bonds is 4. The Bertz CT molecular complexity index is 1200. The fourth-order valence-corrected chi connectivity index (χ4v) is 3.55. The molecule has 0 radical (unpaired) electrons. The highest BCUT2D eigenvalue weighted by molar-refractivity contribution is 9.10. The van der Waals surface area contributed by atoms with Gasteiger partial charge in [0, 0.05) is 10.5 Å². The van der Waals surface area contributed by atoms with Crippen molar-refractivity contribution < 1.29 is 4.79 Å². The third kappa shape index (κ3) is 3.11. The summed E-state index contributed by atoms with van der Waals surface area (Å²) >= 11 is 3.50. The molecule has 0 aliphatic rings. The third-order valence-corrected chi connectivity index (χ3v) is 5.27. The van der Waals surface area contributed by atoms with Gasteiger partial charge in [0.2, 0.25) is 0 Å². The standard InChI is InChI=1S/C21H20BrN5O/c1-3-12(2)24-21(28)17-18-20(26-16-10-5-4-9-15(16)25-18)27(19(17)23)14-8-6-7-13(22)11-14/h4-12H,3,23H2,1-2H3,(H,24,28)/t12-/m0/s1. The molecule has 0 fully saturated rings. The van der Waals surface area contributed by atoms with E-state index in [1.54, 1.807) is 4.57 Å². The summed E-state index contributed by atoms with van der Waals surface area (Å²) in [5, 5.41) is 2.99. The highest BCUT2D eigenvalue weighted by atomic mass is 79.9. The maximum absolute atomic E-state index is 13.0. The van der Waals surface area contributed by atoms with Crippen LogP contribution in [0.2, 0.25) is 0 Å². The van der Waals surface area contributed by atoms with Crippen molar-refractivity contribution >= 4 is 49.9 Å². The van der Waals surface area contributed by atoms with Gasteiger partial charge in [0.1, 0.15) is 16.9 Å². The van der Waals surface area contributed by atoms with E-state index in [1.807, 2.05) is 62.4 Å². The molecule has 0 bridgehead atoms. The summed E-state index contributed by atoms with van der Waals surface area (Å²) in [6.45, 7) is 3.98. The Labute approximate surface area is 170 Å². The van der Waals surface area contributed by atoms with E-state index in [0.717, 1.165) is 27.6 Å². The Morgan fingerprint density at radius 3 is 2.57 bits per heavy atom. The fourth-order valence-electron chi connectivity index (χ4n) is 3.16. The van der Waals surface area contributed by atoms with Crippen molar-refractivity contribution in [1.29, 1.82) is 0 Å². The molecule has 0 aliphatic heterocycles. The van der Waals surface area contributed by atoms with Gasteiger partial charge in [0.25, 0.3) is 5.91 Å². The van der Waals surface area contributed by atoms with Crippen LogP contribution < -0.4 is 11.1 Å². The minimum Gasteiger partial charge on any atom is -0.384 e. The number of nitrogens with zero attached hydrogens (tertiary/aromatic N) is 3. The molecular weight excluding hydrogens is 418 g/mol. The summed E-state index contributed by atoms with van der Waals surface area (Å²) < 4.78 is 2.69. The number of carbonyl (C=O) groups excluding carboxylic acids is 1. The normalized spacial score (nSPS) is 12.4. The lowest BCUT2D eigenvalue weighted by Gasteiger charge is -2.11. The van der Waals surface area contributed by atoms with Crippen LogP contribution in [0.25, 0.3) is 27.9 Å². The van der Waals surface area contributed by atoms with E-state index >= 15 is 0 Å². The van der Waals surface area contributed by atoms with E-state index in [-0.39, 0.29) is 11.9 Å². The van der Waals surface area contributed by atoms with Crippen LogP contribution in [0.5, 0.6) is 0 Å². The minimum atomic E-state index is -0.241. The number of carbonyl (C=O) groups is 1. The zero-order chi connectivity index (χ0) is 19.8. The molecule has 1 atom stereocenters. The van der Waals surface area contributed by atoms with Gasteiger partial charge in [0.15, 0.2) is 5.65 Å². The monoisotopic (exact) mass is 437 g/mol. The third-order valence-electron chi connectivity index (χ3n) is 4.78. The molecule has 2 heterocycles. The van der Waals surface area contributed by atoms with Crippen LogP contribution in [0.4, 0.5) is 5.82 Å². The summed E-state index contributed by atoms with van der Waals surface area (Å²) in [5.41, 5.74) is 10.2. The van der Waals surface area contributed by atoms with Gasteiger partial charge in [-0.15, -0.1) is 0 Å². The van der Waals surface area contributed by atoms with Crippen LogP contribution in [0.15, 0.2) is 53.0 Å². The first kappa shape index (κ1) is 18.4. The second-order valence-electron chi connectivity index (χ2n) is 6.74. The number of fused-ring (bicyclic) bond motifs is 2. The second-order valence-corrected chi connectivity index (χ2v) is 7.66. The molecule has 2 aromatic carbocycles. The number of hydrogen-bond acceptors (Lipinski definition) is 4. The lowest BCUT2D eigenvalue weighted by Crippen LogP contribution is -2.32. The maximum Gasteiger partial charge on any atom is 0.257 e. The molecule has 28 heavy (non-hydrogen) atoms. The Morgan fingerprint density at radius 1 is 1.18 bits per heavy atom. The fraction of sp³-hybridized carbons (Fsp3) is 0.190. The van der Waals surface area contributed by atoms with Crippen LogP contribution in [0.1, 0.15) is 30.6 Å². The number of nitrogen functional groups attached to an aromatic ring is 1. The van der Waals surface area contributed by atoms with Crippen LogP contribution >= 0.6 is 15.9 Å². The number of para-hydroxylation sites is 2. The average molecular weight is 438 g/mol. The highest BCUT2D eigenvalue weighted by Crippen LogP contribution is 2.31. The van der Waals surface area contributed by atoms with Gasteiger partial charge in [-0.25, -0.2) is 9.97 Å². The Balaban J connectivity index is 2.04. The lowest BCUT2D eigenvalue weighted by atomic mass is 10.2. The van der Waals surface area contributed by atoms with Crippen LogP contribution in [-0.2, 0) is 0 Å². The summed E-state index contributed by atoms with van der Waals surface area (Å²) in [5.74, 6) is 0.0828. The summed E-state index contributed by atoms with van der Waals surface area (Å²) in [6.07, 6.45) is 0.824. The van der Waals surface area contributed by atoms with Gasteiger partial charge in [0.05, 0.1) is 16.7 Å². The number of aromatic nitrogens is 3. The van der Waals surface area contributed by atoms with Gasteiger partial charge in [-0.2, -0.15) is 0 Å². The molecule has 1 amide bonds. The molecule has 6 nitrogen and oxygen atoms in total. The molecule has 142 valence electrons. The number of nitrogens with two attached hydrogens (primary N) is 1. The summed E-state index contributed by atoms with van der Waals surface area (Å²) in [4.78, 5) is 22.5. The maximum atomic E-state index is 13.0. The molecule has 0 spiro atoms. The molecular formula is C21H20BrN5O. The van der Waals surface area contributed by atoms with Crippen molar-refractivity contribution in [3.05, 3.63) is 58.6 Å². The van der Waals surface area contributed by atoms with Crippen molar-refractivity contribution in [3.8, 4) is 5.69 Å². The molecule has 7 heteroatoms. The van der Waals surface area contributed by atoms with E-state index in [9.17, 15) is 4.79 Å². The van der Waals surface area contributed by atoms with E-state index < -0.39 is 0 Å². The Kier molecular flexibility index (Phi) is 4.77. The predicted molar refractivity (Wildman–Crippen MR) is 116 cm³/mol. The Morgan fingerprint density at radius 2 is 1.89 bits per heavy atom. The van der Waals surface area contributed by atoms with Crippen molar-refractivity contribution in [2.75, 3.05) is 5.73 Å². The summed E-state index contributed by atoms with van der Waals surface area (Å²) in [6, 6.07) is 15.3. The van der Waals surface area contributed by atoms with Gasteiger partial charge in [-0.05, 0) is 43.7 Å².